The van der Waals surface area contributed by atoms with Gasteiger partial charge in [0.2, 0.25) is 0 Å². The molecule has 2 aromatic rings. The maximum Gasteiger partial charge on any atom is 0.271 e. The van der Waals surface area contributed by atoms with E-state index >= 15 is 0 Å². The highest BCUT2D eigenvalue weighted by molar-refractivity contribution is 7.92. The van der Waals surface area contributed by atoms with E-state index in [-0.39, 0.29) is 27.9 Å². The number of anilines is 1. The minimum Gasteiger partial charge on any atom is -0.495 e. The number of hydrogen-bond acceptors (Lipinski definition) is 6. The molecule has 2 N–H and O–H groups in total. The van der Waals surface area contributed by atoms with E-state index in [4.69, 9.17) is 4.74 Å². The summed E-state index contributed by atoms with van der Waals surface area (Å²) in [4.78, 5) is 22.1. The smallest absolute Gasteiger partial charge is 0.271 e. The van der Waals surface area contributed by atoms with Crippen LogP contribution in [0.3, 0.4) is 0 Å². The monoisotopic (exact) mass is 393 g/mol. The molecule has 0 aliphatic rings. The highest BCUT2D eigenvalue weighted by atomic mass is 32.2. The van der Waals surface area contributed by atoms with Crippen molar-refractivity contribution in [2.75, 3.05) is 18.4 Å². The molecule has 0 saturated carbocycles. The van der Waals surface area contributed by atoms with Crippen LogP contribution in [0.1, 0.15) is 23.7 Å². The van der Waals surface area contributed by atoms with E-state index in [0.717, 1.165) is 12.5 Å². The number of nitrogens with zero attached hydrogens (tertiary/aromatic N) is 1. The number of rotatable bonds is 8. The fourth-order valence-corrected chi connectivity index (χ4v) is 3.28. The standard InChI is InChI=1S/C17H19N3O6S/c1-3-10-18-17(21)12-4-7-14(8-5-12)27(24,25)19-15-11-13(20(22)23)6-9-16(15)26-2/h4-9,11,19H,3,10H2,1-2H3,(H,18,21). The van der Waals surface area contributed by atoms with Crippen LogP contribution in [0.15, 0.2) is 47.4 Å². The Labute approximate surface area is 156 Å². The van der Waals surface area contributed by atoms with Crippen molar-refractivity contribution in [1.82, 2.24) is 5.32 Å². The third-order valence-electron chi connectivity index (χ3n) is 3.60. The first-order valence-corrected chi connectivity index (χ1v) is 9.50. The third kappa shape index (κ3) is 4.94. The molecule has 0 aliphatic heterocycles. The summed E-state index contributed by atoms with van der Waals surface area (Å²) < 4.78 is 32.5. The van der Waals surface area contributed by atoms with E-state index < -0.39 is 14.9 Å². The molecule has 0 saturated heterocycles. The fourth-order valence-electron chi connectivity index (χ4n) is 2.22. The molecule has 1 amide bonds. The first kappa shape index (κ1) is 20.2. The summed E-state index contributed by atoms with van der Waals surface area (Å²) in [5, 5.41) is 13.6. The predicted octanol–water partition coefficient (Wildman–Crippen LogP) is 2.54. The number of nitro groups is 1. The van der Waals surface area contributed by atoms with Crippen LogP contribution in [0.2, 0.25) is 0 Å². The number of nitrogens with one attached hydrogen (secondary N) is 2. The molecule has 0 spiro atoms. The van der Waals surface area contributed by atoms with Crippen LogP contribution in [-0.4, -0.2) is 32.9 Å². The van der Waals surface area contributed by atoms with Crippen molar-refractivity contribution < 1.29 is 22.9 Å². The Hall–Kier alpha value is -3.14. The largest absolute Gasteiger partial charge is 0.495 e. The van der Waals surface area contributed by atoms with E-state index in [9.17, 15) is 23.3 Å². The van der Waals surface area contributed by atoms with Crippen LogP contribution in [0.4, 0.5) is 11.4 Å². The van der Waals surface area contributed by atoms with Gasteiger partial charge in [-0.25, -0.2) is 8.42 Å². The molecule has 10 heteroatoms. The molecule has 0 aromatic heterocycles. The Morgan fingerprint density at radius 2 is 1.85 bits per heavy atom. The molecule has 0 aliphatic carbocycles. The van der Waals surface area contributed by atoms with Crippen molar-refractivity contribution in [2.45, 2.75) is 18.2 Å². The van der Waals surface area contributed by atoms with E-state index in [0.29, 0.717) is 12.1 Å². The van der Waals surface area contributed by atoms with Crippen LogP contribution in [-0.2, 0) is 10.0 Å². The number of sulfonamides is 1. The summed E-state index contributed by atoms with van der Waals surface area (Å²) >= 11 is 0. The number of nitro benzene ring substituents is 1. The van der Waals surface area contributed by atoms with Crippen molar-refractivity contribution in [1.29, 1.82) is 0 Å². The number of non-ortho nitro benzene ring substituents is 1. The summed E-state index contributed by atoms with van der Waals surface area (Å²) in [6, 6.07) is 8.94. The molecule has 27 heavy (non-hydrogen) atoms. The molecular formula is C17H19N3O6S. The zero-order valence-corrected chi connectivity index (χ0v) is 15.6. The van der Waals surface area contributed by atoms with Crippen molar-refractivity contribution in [2.24, 2.45) is 0 Å². The highest BCUT2D eigenvalue weighted by Gasteiger charge is 2.19. The molecule has 0 atom stereocenters. The second kappa shape index (κ2) is 8.49. The molecule has 0 unspecified atom stereocenters. The lowest BCUT2D eigenvalue weighted by molar-refractivity contribution is -0.384. The Balaban J connectivity index is 2.28. The molecule has 0 bridgehead atoms. The van der Waals surface area contributed by atoms with Crippen LogP contribution in [0.5, 0.6) is 5.75 Å². The average Bonchev–Trinajstić information content (AvgIpc) is 2.65. The lowest BCUT2D eigenvalue weighted by atomic mass is 10.2. The van der Waals surface area contributed by atoms with Crippen LogP contribution in [0.25, 0.3) is 0 Å². The maximum absolute atomic E-state index is 12.6. The fraction of sp³-hybridized carbons (Fsp3) is 0.235. The van der Waals surface area contributed by atoms with Crippen molar-refractivity contribution in [3.63, 3.8) is 0 Å². The lowest BCUT2D eigenvalue weighted by Crippen LogP contribution is -2.24. The number of carbonyl (C=O) groups excluding carboxylic acids is 1. The number of ether oxygens (including phenoxy) is 1. The third-order valence-corrected chi connectivity index (χ3v) is 4.98. The summed E-state index contributed by atoms with van der Waals surface area (Å²) in [6.45, 7) is 2.44. The average molecular weight is 393 g/mol. The number of hydrogen-bond donors (Lipinski definition) is 2. The van der Waals surface area contributed by atoms with Gasteiger partial charge in [-0.3, -0.25) is 19.6 Å². The van der Waals surface area contributed by atoms with Gasteiger partial charge in [0.25, 0.3) is 21.6 Å². The van der Waals surface area contributed by atoms with Gasteiger partial charge in [-0.05, 0) is 36.8 Å². The molecule has 144 valence electrons. The zero-order chi connectivity index (χ0) is 20.0. The second-order valence-corrected chi connectivity index (χ2v) is 7.21. The van der Waals surface area contributed by atoms with Crippen molar-refractivity contribution >= 4 is 27.3 Å². The Morgan fingerprint density at radius 1 is 1.19 bits per heavy atom. The maximum atomic E-state index is 12.6. The molecule has 9 nitrogen and oxygen atoms in total. The van der Waals surface area contributed by atoms with E-state index in [2.05, 4.69) is 10.0 Å². The Kier molecular flexibility index (Phi) is 6.35. The van der Waals surface area contributed by atoms with Gasteiger partial charge in [-0.1, -0.05) is 6.92 Å². The van der Waals surface area contributed by atoms with E-state index in [1.165, 1.54) is 43.5 Å². The zero-order valence-electron chi connectivity index (χ0n) is 14.8. The van der Waals surface area contributed by atoms with Gasteiger partial charge in [0.1, 0.15) is 5.75 Å². The summed E-state index contributed by atoms with van der Waals surface area (Å²) in [5.41, 5.74) is -0.0109. The van der Waals surface area contributed by atoms with Crippen LogP contribution >= 0.6 is 0 Å². The molecule has 2 rings (SSSR count). The topological polar surface area (TPSA) is 128 Å². The predicted molar refractivity (Wildman–Crippen MR) is 99.5 cm³/mol. The first-order valence-electron chi connectivity index (χ1n) is 8.02. The molecular weight excluding hydrogens is 374 g/mol. The van der Waals surface area contributed by atoms with Gasteiger partial charge in [-0.15, -0.1) is 0 Å². The summed E-state index contributed by atoms with van der Waals surface area (Å²) in [7, 11) is -2.71. The first-order chi connectivity index (χ1) is 12.8. The lowest BCUT2D eigenvalue weighted by Gasteiger charge is -2.12. The van der Waals surface area contributed by atoms with Crippen molar-refractivity contribution in [3.05, 3.63) is 58.1 Å². The summed E-state index contributed by atoms with van der Waals surface area (Å²) in [6.07, 6.45) is 0.785. The Bertz CT molecular complexity index is 942. The normalized spacial score (nSPS) is 10.9. The van der Waals surface area contributed by atoms with Crippen LogP contribution in [0, 0.1) is 10.1 Å². The highest BCUT2D eigenvalue weighted by Crippen LogP contribution is 2.30. The summed E-state index contributed by atoms with van der Waals surface area (Å²) in [5.74, 6) is -0.158. The van der Waals surface area contributed by atoms with Gasteiger partial charge in [0.05, 0.1) is 22.6 Å². The molecule has 0 heterocycles. The van der Waals surface area contributed by atoms with Crippen molar-refractivity contribution in [3.8, 4) is 5.75 Å². The van der Waals surface area contributed by atoms with E-state index in [1.807, 2.05) is 6.92 Å². The minimum atomic E-state index is -4.03. The number of carbonyl (C=O) groups is 1. The van der Waals surface area contributed by atoms with Gasteiger partial charge in [0.15, 0.2) is 0 Å². The van der Waals surface area contributed by atoms with Gasteiger partial charge in [-0.2, -0.15) is 0 Å². The van der Waals surface area contributed by atoms with E-state index in [1.54, 1.807) is 0 Å². The SMILES string of the molecule is CCCNC(=O)c1ccc(S(=O)(=O)Nc2cc([N+](=O)[O-])ccc2OC)cc1. The number of amides is 1. The molecule has 2 aromatic carbocycles. The minimum absolute atomic E-state index is 0.0588. The second-order valence-electron chi connectivity index (χ2n) is 5.53. The quantitative estimate of drug-likeness (QED) is 0.524. The van der Waals surface area contributed by atoms with Gasteiger partial charge >= 0.3 is 0 Å². The number of benzene rings is 2. The molecule has 0 fully saturated rings. The van der Waals surface area contributed by atoms with Gasteiger partial charge < -0.3 is 10.1 Å². The number of methoxy groups -OCH3 is 1. The Morgan fingerprint density at radius 3 is 2.41 bits per heavy atom. The van der Waals surface area contributed by atoms with Crippen LogP contribution < -0.4 is 14.8 Å². The molecule has 0 radical (unpaired) electrons. The van der Waals surface area contributed by atoms with Gasteiger partial charge in [0, 0.05) is 24.2 Å².